The molecule has 1 heterocycles. The van der Waals surface area contributed by atoms with E-state index in [4.69, 9.17) is 4.74 Å². The van der Waals surface area contributed by atoms with Crippen LogP contribution in [0.4, 0.5) is 0 Å². The lowest BCUT2D eigenvalue weighted by Crippen LogP contribution is -2.45. The van der Waals surface area contributed by atoms with Crippen molar-refractivity contribution < 1.29 is 27.5 Å². The van der Waals surface area contributed by atoms with E-state index < -0.39 is 9.84 Å². The number of carbonyl (C=O) groups excluding carboxylic acids is 3. The van der Waals surface area contributed by atoms with E-state index in [0.29, 0.717) is 38.1 Å². The first-order chi connectivity index (χ1) is 13.2. The van der Waals surface area contributed by atoms with Gasteiger partial charge in [0.2, 0.25) is 11.8 Å². The van der Waals surface area contributed by atoms with Crippen molar-refractivity contribution in [3.63, 3.8) is 0 Å². The van der Waals surface area contributed by atoms with Crippen LogP contribution in [0.2, 0.25) is 0 Å². The summed E-state index contributed by atoms with van der Waals surface area (Å²) in [7, 11) is -3.28. The smallest absolute Gasteiger partial charge is 0.305 e. The normalized spacial score (nSPS) is 14.2. The number of hydrazine groups is 1. The lowest BCUT2D eigenvalue weighted by atomic mass is 10.1. The summed E-state index contributed by atoms with van der Waals surface area (Å²) in [4.78, 5) is 36.6. The van der Waals surface area contributed by atoms with Crippen molar-refractivity contribution in [2.24, 2.45) is 0 Å². The molecule has 0 spiro atoms. The first-order valence-electron chi connectivity index (χ1n) is 9.27. The van der Waals surface area contributed by atoms with Gasteiger partial charge in [-0.1, -0.05) is 12.1 Å². The first kappa shape index (κ1) is 21.9. The van der Waals surface area contributed by atoms with Crippen molar-refractivity contribution in [1.82, 2.24) is 10.0 Å². The van der Waals surface area contributed by atoms with Crippen molar-refractivity contribution >= 4 is 27.6 Å². The van der Waals surface area contributed by atoms with Crippen LogP contribution in [0.15, 0.2) is 29.2 Å². The second-order valence-corrected chi connectivity index (χ2v) is 8.65. The van der Waals surface area contributed by atoms with Crippen LogP contribution in [0.5, 0.6) is 0 Å². The van der Waals surface area contributed by atoms with Crippen molar-refractivity contribution in [1.29, 1.82) is 0 Å². The molecule has 2 rings (SSSR count). The molecule has 2 amide bonds. The van der Waals surface area contributed by atoms with Gasteiger partial charge in [-0.3, -0.25) is 24.4 Å². The van der Waals surface area contributed by atoms with E-state index >= 15 is 0 Å². The van der Waals surface area contributed by atoms with Crippen molar-refractivity contribution in [3.05, 3.63) is 29.8 Å². The molecule has 8 nitrogen and oxygen atoms in total. The molecule has 0 aliphatic carbocycles. The number of amides is 2. The molecule has 0 atom stereocenters. The van der Waals surface area contributed by atoms with Gasteiger partial charge in [0.05, 0.1) is 17.9 Å². The van der Waals surface area contributed by atoms with Crippen molar-refractivity contribution in [2.45, 2.75) is 43.9 Å². The summed E-state index contributed by atoms with van der Waals surface area (Å²) < 4.78 is 27.9. The van der Waals surface area contributed by atoms with Crippen LogP contribution in [-0.2, 0) is 35.4 Å². The van der Waals surface area contributed by atoms with Gasteiger partial charge in [-0.25, -0.2) is 8.42 Å². The molecule has 1 aliphatic rings. The highest BCUT2D eigenvalue weighted by Gasteiger charge is 2.30. The zero-order chi connectivity index (χ0) is 20.7. The Balaban J connectivity index is 1.91. The maximum Gasteiger partial charge on any atom is 0.305 e. The number of benzene rings is 1. The minimum atomic E-state index is -3.28. The summed E-state index contributed by atoms with van der Waals surface area (Å²) in [5.74, 6) is -0.742. The number of sulfone groups is 1. The number of hydrogen-bond acceptors (Lipinski definition) is 6. The molecule has 1 saturated heterocycles. The van der Waals surface area contributed by atoms with Gasteiger partial charge in [0.15, 0.2) is 9.84 Å². The van der Waals surface area contributed by atoms with Gasteiger partial charge in [0, 0.05) is 32.2 Å². The number of hydrogen-bond donors (Lipinski definition) is 0. The molecule has 1 fully saturated rings. The Morgan fingerprint density at radius 2 is 1.61 bits per heavy atom. The van der Waals surface area contributed by atoms with Crippen LogP contribution in [-0.4, -0.2) is 62.2 Å². The third kappa shape index (κ3) is 6.05. The fourth-order valence-electron chi connectivity index (χ4n) is 3.00. The van der Waals surface area contributed by atoms with Crippen LogP contribution in [0, 0.1) is 0 Å². The highest BCUT2D eigenvalue weighted by molar-refractivity contribution is 7.90. The highest BCUT2D eigenvalue weighted by Crippen LogP contribution is 2.17. The van der Waals surface area contributed by atoms with Crippen LogP contribution in [0.1, 0.15) is 38.2 Å². The fourth-order valence-corrected chi connectivity index (χ4v) is 3.63. The summed E-state index contributed by atoms with van der Waals surface area (Å²) in [6, 6.07) is 6.16. The molecule has 1 aromatic carbocycles. The average molecular weight is 410 g/mol. The maximum atomic E-state index is 12.6. The molecule has 0 aromatic heterocycles. The zero-order valence-electron chi connectivity index (χ0n) is 16.2. The minimum Gasteiger partial charge on any atom is -0.466 e. The van der Waals surface area contributed by atoms with Crippen LogP contribution in [0.25, 0.3) is 0 Å². The summed E-state index contributed by atoms with van der Waals surface area (Å²) >= 11 is 0. The average Bonchev–Trinajstić information content (AvgIpc) is 3.11. The quantitative estimate of drug-likeness (QED) is 0.600. The first-order valence-corrected chi connectivity index (χ1v) is 11.2. The van der Waals surface area contributed by atoms with Gasteiger partial charge in [0.25, 0.3) is 0 Å². The number of carbonyl (C=O) groups is 3. The molecule has 1 aliphatic heterocycles. The molecule has 154 valence electrons. The monoisotopic (exact) mass is 410 g/mol. The molecule has 0 bridgehead atoms. The molecule has 9 heteroatoms. The Bertz CT molecular complexity index is 819. The Kier molecular flexibility index (Phi) is 7.56. The number of ether oxygens (including phenoxy) is 1. The van der Waals surface area contributed by atoms with E-state index in [1.165, 1.54) is 22.2 Å². The molecule has 0 N–H and O–H groups in total. The van der Waals surface area contributed by atoms with Crippen LogP contribution >= 0.6 is 0 Å². The van der Waals surface area contributed by atoms with Gasteiger partial charge in [-0.15, -0.1) is 0 Å². The third-order valence-electron chi connectivity index (χ3n) is 4.39. The van der Waals surface area contributed by atoms with Gasteiger partial charge < -0.3 is 4.74 Å². The van der Waals surface area contributed by atoms with E-state index in [1.54, 1.807) is 19.1 Å². The third-order valence-corrected chi connectivity index (χ3v) is 5.52. The van der Waals surface area contributed by atoms with Crippen LogP contribution in [0.3, 0.4) is 0 Å². The van der Waals surface area contributed by atoms with Crippen molar-refractivity contribution in [2.75, 3.05) is 26.0 Å². The fraction of sp³-hybridized carbons (Fsp3) is 0.526. The van der Waals surface area contributed by atoms with Crippen molar-refractivity contribution in [3.8, 4) is 0 Å². The minimum absolute atomic E-state index is 0.0800. The topological polar surface area (TPSA) is 101 Å². The largest absolute Gasteiger partial charge is 0.466 e. The molecule has 0 saturated carbocycles. The SMILES string of the molecule is CCOC(=O)CCCC(=O)N1CCCN1C(=O)Cc1ccc(S(C)(=O)=O)cc1. The number of rotatable bonds is 8. The molecule has 0 radical (unpaired) electrons. The molecule has 1 aromatic rings. The number of nitrogens with zero attached hydrogens (tertiary/aromatic N) is 2. The molecule has 0 unspecified atom stereocenters. The lowest BCUT2D eigenvalue weighted by Gasteiger charge is -2.28. The van der Waals surface area contributed by atoms with E-state index in [2.05, 4.69) is 0 Å². The lowest BCUT2D eigenvalue weighted by molar-refractivity contribution is -0.157. The predicted molar refractivity (Wildman–Crippen MR) is 102 cm³/mol. The van der Waals surface area contributed by atoms with E-state index in [0.717, 1.165) is 6.26 Å². The van der Waals surface area contributed by atoms with Gasteiger partial charge in [0.1, 0.15) is 0 Å². The van der Waals surface area contributed by atoms with Crippen LogP contribution < -0.4 is 0 Å². The second kappa shape index (κ2) is 9.68. The Morgan fingerprint density at radius 1 is 1.00 bits per heavy atom. The maximum absolute atomic E-state index is 12.6. The van der Waals surface area contributed by atoms with E-state index in [1.807, 2.05) is 0 Å². The molecular weight excluding hydrogens is 384 g/mol. The molecular formula is C19H26N2O6S. The standard InChI is InChI=1S/C19H26N2O6S/c1-3-27-19(24)7-4-6-17(22)20-12-5-13-21(20)18(23)14-15-8-10-16(11-9-15)28(2,25)26/h8-11H,3-7,12-14H2,1-2H3. The Hall–Kier alpha value is -2.42. The van der Waals surface area contributed by atoms with Gasteiger partial charge in [-0.2, -0.15) is 0 Å². The summed E-state index contributed by atoms with van der Waals surface area (Å²) in [5.41, 5.74) is 0.680. The van der Waals surface area contributed by atoms with Gasteiger partial charge in [-0.05, 0) is 37.5 Å². The Morgan fingerprint density at radius 3 is 2.18 bits per heavy atom. The van der Waals surface area contributed by atoms with E-state index in [-0.39, 0.29) is 41.9 Å². The van der Waals surface area contributed by atoms with E-state index in [9.17, 15) is 22.8 Å². The predicted octanol–water partition coefficient (Wildman–Crippen LogP) is 1.34. The summed E-state index contributed by atoms with van der Waals surface area (Å²) in [6.07, 6.45) is 2.63. The second-order valence-electron chi connectivity index (χ2n) is 6.64. The zero-order valence-corrected chi connectivity index (χ0v) is 17.0. The highest BCUT2D eigenvalue weighted by atomic mass is 32.2. The molecule has 28 heavy (non-hydrogen) atoms. The van der Waals surface area contributed by atoms with Gasteiger partial charge >= 0.3 is 5.97 Å². The summed E-state index contributed by atoms with van der Waals surface area (Å²) in [6.45, 7) is 2.97. The number of esters is 1. The Labute approximate surface area is 165 Å². The summed E-state index contributed by atoms with van der Waals surface area (Å²) in [5, 5.41) is 2.88.